The van der Waals surface area contributed by atoms with Crippen molar-refractivity contribution in [2.45, 2.75) is 13.0 Å². The maximum atomic E-state index is 12.1. The molecule has 7 heteroatoms. The Balaban J connectivity index is 1.71. The largest absolute Gasteiger partial charge is 0.346 e. The van der Waals surface area contributed by atoms with Gasteiger partial charge in [-0.1, -0.05) is 35.3 Å². The van der Waals surface area contributed by atoms with Crippen LogP contribution >= 0.6 is 34.5 Å². The molecule has 2 aromatic heterocycles. The van der Waals surface area contributed by atoms with Crippen LogP contribution in [0.25, 0.3) is 11.0 Å². The van der Waals surface area contributed by atoms with E-state index >= 15 is 0 Å². The molecule has 0 bridgehead atoms. The number of carbonyl (C=O) groups is 1. The molecule has 0 saturated carbocycles. The Hall–Kier alpha value is -1.82. The third-order valence-electron chi connectivity index (χ3n) is 3.35. The highest BCUT2D eigenvalue weighted by Gasteiger charge is 2.10. The lowest BCUT2D eigenvalue weighted by Crippen LogP contribution is -2.24. The van der Waals surface area contributed by atoms with Crippen molar-refractivity contribution in [1.82, 2.24) is 14.7 Å². The summed E-state index contributed by atoms with van der Waals surface area (Å²) >= 11 is 13.5. The first-order valence-corrected chi connectivity index (χ1v) is 8.53. The number of rotatable bonds is 4. The van der Waals surface area contributed by atoms with Gasteiger partial charge in [-0.2, -0.15) is 0 Å². The zero-order chi connectivity index (χ0) is 16.4. The zero-order valence-electron chi connectivity index (χ0n) is 12.2. The fourth-order valence-electron chi connectivity index (χ4n) is 2.20. The maximum Gasteiger partial charge on any atom is 0.244 e. The third-order valence-corrected chi connectivity index (χ3v) is 4.62. The summed E-state index contributed by atoms with van der Waals surface area (Å²) in [6, 6.07) is 7.26. The summed E-state index contributed by atoms with van der Waals surface area (Å²) in [6.07, 6.45) is 4.98. The normalized spacial score (nSPS) is 12.8. The van der Waals surface area contributed by atoms with Crippen LogP contribution in [0.2, 0.25) is 10.2 Å². The lowest BCUT2D eigenvalue weighted by atomic mass is 10.1. The standard InChI is InChI=1S/C16H13Cl2N3OS/c1-10(11-3-2-4-12(17)9-11)19-14(22)6-5-13-15(18)20-16-21(13)7-8-23-16/h2-10H,1H3,(H,19,22)/b6-5+. The topological polar surface area (TPSA) is 46.4 Å². The summed E-state index contributed by atoms with van der Waals surface area (Å²) in [6.45, 7) is 1.90. The number of nitrogens with zero attached hydrogens (tertiary/aromatic N) is 2. The van der Waals surface area contributed by atoms with E-state index in [0.717, 1.165) is 10.5 Å². The van der Waals surface area contributed by atoms with Gasteiger partial charge in [0.15, 0.2) is 10.1 Å². The van der Waals surface area contributed by atoms with Crippen LogP contribution in [0.3, 0.4) is 0 Å². The van der Waals surface area contributed by atoms with Crippen molar-refractivity contribution in [2.75, 3.05) is 0 Å². The van der Waals surface area contributed by atoms with E-state index in [1.807, 2.05) is 41.1 Å². The van der Waals surface area contributed by atoms with Crippen LogP contribution in [0, 0.1) is 0 Å². The van der Waals surface area contributed by atoms with Gasteiger partial charge in [0.05, 0.1) is 11.7 Å². The number of aromatic nitrogens is 2. The summed E-state index contributed by atoms with van der Waals surface area (Å²) in [5.74, 6) is -0.210. The summed E-state index contributed by atoms with van der Waals surface area (Å²) in [4.78, 5) is 17.1. The molecule has 0 aliphatic carbocycles. The molecule has 2 heterocycles. The van der Waals surface area contributed by atoms with Gasteiger partial charge >= 0.3 is 0 Å². The van der Waals surface area contributed by atoms with Crippen LogP contribution in [0.4, 0.5) is 0 Å². The van der Waals surface area contributed by atoms with E-state index in [4.69, 9.17) is 23.2 Å². The van der Waals surface area contributed by atoms with Crippen molar-refractivity contribution in [1.29, 1.82) is 0 Å². The number of nitrogens with one attached hydrogen (secondary N) is 1. The van der Waals surface area contributed by atoms with E-state index in [2.05, 4.69) is 10.3 Å². The molecule has 0 fully saturated rings. The van der Waals surface area contributed by atoms with Gasteiger partial charge in [0, 0.05) is 22.7 Å². The summed E-state index contributed by atoms with van der Waals surface area (Å²) in [7, 11) is 0. The van der Waals surface area contributed by atoms with Gasteiger partial charge in [0.25, 0.3) is 0 Å². The van der Waals surface area contributed by atoms with Crippen LogP contribution in [-0.4, -0.2) is 15.3 Å². The Kier molecular flexibility index (Phi) is 4.71. The van der Waals surface area contributed by atoms with Crippen molar-refractivity contribution in [3.63, 3.8) is 0 Å². The van der Waals surface area contributed by atoms with Gasteiger partial charge in [-0.25, -0.2) is 4.98 Å². The summed E-state index contributed by atoms with van der Waals surface area (Å²) < 4.78 is 1.84. The van der Waals surface area contributed by atoms with Crippen molar-refractivity contribution < 1.29 is 4.79 Å². The fourth-order valence-corrected chi connectivity index (χ4v) is 3.41. The summed E-state index contributed by atoms with van der Waals surface area (Å²) in [5.41, 5.74) is 1.63. The molecular weight excluding hydrogens is 353 g/mol. The highest BCUT2D eigenvalue weighted by atomic mass is 35.5. The van der Waals surface area contributed by atoms with Crippen molar-refractivity contribution >= 4 is 51.5 Å². The average molecular weight is 366 g/mol. The second kappa shape index (κ2) is 6.74. The molecule has 1 aromatic carbocycles. The molecule has 0 aliphatic rings. The van der Waals surface area contributed by atoms with Gasteiger partial charge in [0.1, 0.15) is 0 Å². The van der Waals surface area contributed by atoms with Gasteiger partial charge in [-0.3, -0.25) is 9.20 Å². The lowest BCUT2D eigenvalue weighted by Gasteiger charge is -2.13. The molecule has 1 unspecified atom stereocenters. The number of fused-ring (bicyclic) bond motifs is 1. The highest BCUT2D eigenvalue weighted by molar-refractivity contribution is 7.15. The molecule has 23 heavy (non-hydrogen) atoms. The van der Waals surface area contributed by atoms with Crippen LogP contribution in [0.1, 0.15) is 24.2 Å². The number of carbonyl (C=O) groups excluding carboxylic acids is 1. The molecule has 1 amide bonds. The third kappa shape index (κ3) is 3.58. The van der Waals surface area contributed by atoms with Gasteiger partial charge in [-0.15, -0.1) is 11.3 Å². The Morgan fingerprint density at radius 3 is 3.04 bits per heavy atom. The molecule has 0 aliphatic heterocycles. The van der Waals surface area contributed by atoms with Crippen molar-refractivity contribution in [3.05, 3.63) is 63.4 Å². The smallest absolute Gasteiger partial charge is 0.244 e. The number of thiazole rings is 1. The van der Waals surface area contributed by atoms with Crippen LogP contribution in [0.5, 0.6) is 0 Å². The Morgan fingerprint density at radius 2 is 2.26 bits per heavy atom. The lowest BCUT2D eigenvalue weighted by molar-refractivity contribution is -0.117. The monoisotopic (exact) mass is 365 g/mol. The van der Waals surface area contributed by atoms with E-state index in [-0.39, 0.29) is 11.9 Å². The molecule has 3 rings (SSSR count). The SMILES string of the molecule is CC(NC(=O)/C=C/c1c(Cl)nc2sccn12)c1cccc(Cl)c1. The second-order valence-corrected chi connectivity index (χ2v) is 6.63. The van der Waals surface area contributed by atoms with E-state index in [1.165, 1.54) is 17.4 Å². The van der Waals surface area contributed by atoms with Gasteiger partial charge in [-0.05, 0) is 30.7 Å². The predicted octanol–water partition coefficient (Wildman–Crippen LogP) is 4.59. The fraction of sp³-hybridized carbons (Fsp3) is 0.125. The Morgan fingerprint density at radius 1 is 1.43 bits per heavy atom. The van der Waals surface area contributed by atoms with E-state index in [0.29, 0.717) is 15.9 Å². The molecule has 3 aromatic rings. The molecule has 4 nitrogen and oxygen atoms in total. The van der Waals surface area contributed by atoms with Gasteiger partial charge in [0.2, 0.25) is 5.91 Å². The Bertz CT molecular complexity index is 884. The van der Waals surface area contributed by atoms with E-state index < -0.39 is 0 Å². The van der Waals surface area contributed by atoms with E-state index in [9.17, 15) is 4.79 Å². The first-order chi connectivity index (χ1) is 11.0. The number of hydrogen-bond acceptors (Lipinski definition) is 3. The molecule has 0 radical (unpaired) electrons. The first kappa shape index (κ1) is 16.1. The minimum atomic E-state index is -0.210. The van der Waals surface area contributed by atoms with Gasteiger partial charge < -0.3 is 5.32 Å². The number of hydrogen-bond donors (Lipinski definition) is 1. The molecule has 118 valence electrons. The minimum Gasteiger partial charge on any atom is -0.346 e. The van der Waals surface area contributed by atoms with Crippen LogP contribution in [0.15, 0.2) is 41.9 Å². The van der Waals surface area contributed by atoms with Crippen LogP contribution in [-0.2, 0) is 4.79 Å². The molecule has 0 saturated heterocycles. The number of halogens is 2. The minimum absolute atomic E-state index is 0.145. The predicted molar refractivity (Wildman–Crippen MR) is 95.1 cm³/mol. The number of imidazole rings is 1. The quantitative estimate of drug-likeness (QED) is 0.687. The Labute approximate surface area is 147 Å². The van der Waals surface area contributed by atoms with Crippen molar-refractivity contribution in [2.24, 2.45) is 0 Å². The van der Waals surface area contributed by atoms with E-state index in [1.54, 1.807) is 12.1 Å². The summed E-state index contributed by atoms with van der Waals surface area (Å²) in [5, 5.41) is 5.83. The van der Waals surface area contributed by atoms with Crippen LogP contribution < -0.4 is 5.32 Å². The number of benzene rings is 1. The number of amides is 1. The molecular formula is C16H13Cl2N3OS. The second-order valence-electron chi connectivity index (χ2n) is 4.96. The molecule has 0 spiro atoms. The first-order valence-electron chi connectivity index (χ1n) is 6.89. The molecule has 1 atom stereocenters. The van der Waals surface area contributed by atoms with Crippen molar-refractivity contribution in [3.8, 4) is 0 Å². The highest BCUT2D eigenvalue weighted by Crippen LogP contribution is 2.22. The zero-order valence-corrected chi connectivity index (χ0v) is 14.5. The molecule has 1 N–H and O–H groups in total. The average Bonchev–Trinajstić information content (AvgIpc) is 3.06. The maximum absolute atomic E-state index is 12.1.